The SMILES string of the molecule is CC(C)c1cccc(C(C)C)c1-c1ccc(O)cc1.[H-].[Na+]. The molecule has 0 saturated carbocycles. The van der Waals surface area contributed by atoms with Gasteiger partial charge < -0.3 is 6.53 Å². The summed E-state index contributed by atoms with van der Waals surface area (Å²) in [7, 11) is 0. The zero-order chi connectivity index (χ0) is 14.0. The standard InChI is InChI=1S/C18H22O.Na.H/c1-12(2)16-6-5-7-17(13(3)4)18(16)14-8-10-15(19)11-9-14;;/h5-13,19H,1-4H3;;/q;+1;-1. The van der Waals surface area contributed by atoms with Crippen LogP contribution in [-0.2, 0) is 0 Å². The van der Waals surface area contributed by atoms with Gasteiger partial charge in [0.25, 0.3) is 0 Å². The van der Waals surface area contributed by atoms with Crippen molar-refractivity contribution in [3.63, 3.8) is 0 Å². The van der Waals surface area contributed by atoms with E-state index >= 15 is 0 Å². The van der Waals surface area contributed by atoms with Crippen LogP contribution in [0.25, 0.3) is 11.1 Å². The minimum absolute atomic E-state index is 0. The van der Waals surface area contributed by atoms with Crippen molar-refractivity contribution in [1.82, 2.24) is 0 Å². The first kappa shape index (κ1) is 17.3. The van der Waals surface area contributed by atoms with E-state index in [1.54, 1.807) is 12.1 Å². The summed E-state index contributed by atoms with van der Waals surface area (Å²) < 4.78 is 0. The second kappa shape index (κ2) is 7.31. The second-order valence-electron chi connectivity index (χ2n) is 5.67. The molecule has 0 saturated heterocycles. The fourth-order valence-electron chi connectivity index (χ4n) is 2.51. The predicted octanol–water partition coefficient (Wildman–Crippen LogP) is 2.42. The van der Waals surface area contributed by atoms with Crippen LogP contribution in [0.2, 0.25) is 0 Å². The Balaban J connectivity index is 0.00000200. The van der Waals surface area contributed by atoms with Crippen LogP contribution in [0.1, 0.15) is 52.1 Å². The molecule has 0 aliphatic heterocycles. The third-order valence-corrected chi connectivity index (χ3v) is 3.53. The summed E-state index contributed by atoms with van der Waals surface area (Å²) in [4.78, 5) is 0. The molecule has 2 aromatic rings. The third kappa shape index (κ3) is 3.66. The Labute approximate surface area is 145 Å². The van der Waals surface area contributed by atoms with Gasteiger partial charge in [0.1, 0.15) is 5.75 Å². The maximum absolute atomic E-state index is 9.46. The molecule has 0 aliphatic carbocycles. The fourth-order valence-corrected chi connectivity index (χ4v) is 2.51. The van der Waals surface area contributed by atoms with E-state index in [1.165, 1.54) is 22.3 Å². The van der Waals surface area contributed by atoms with Gasteiger partial charge in [-0.15, -0.1) is 0 Å². The number of rotatable bonds is 3. The Kier molecular flexibility index (Phi) is 6.32. The zero-order valence-corrected chi connectivity index (χ0v) is 15.1. The van der Waals surface area contributed by atoms with Crippen LogP contribution in [-0.4, -0.2) is 5.11 Å². The molecule has 0 amide bonds. The Morgan fingerprint density at radius 3 is 1.65 bits per heavy atom. The van der Waals surface area contributed by atoms with Crippen LogP contribution in [0, 0.1) is 0 Å². The maximum atomic E-state index is 9.46. The van der Waals surface area contributed by atoms with E-state index in [4.69, 9.17) is 0 Å². The molecule has 0 atom stereocenters. The molecular weight excluding hydrogens is 255 g/mol. The van der Waals surface area contributed by atoms with Crippen molar-refractivity contribution in [3.8, 4) is 16.9 Å². The maximum Gasteiger partial charge on any atom is 1.00 e. The van der Waals surface area contributed by atoms with Crippen LogP contribution >= 0.6 is 0 Å². The number of benzene rings is 2. The minimum Gasteiger partial charge on any atom is -1.00 e. The fraction of sp³-hybridized carbons (Fsp3) is 0.333. The molecule has 0 unspecified atom stereocenters. The van der Waals surface area contributed by atoms with E-state index in [2.05, 4.69) is 45.9 Å². The minimum atomic E-state index is 0. The average Bonchev–Trinajstić information content (AvgIpc) is 2.38. The Morgan fingerprint density at radius 1 is 0.800 bits per heavy atom. The van der Waals surface area contributed by atoms with E-state index in [9.17, 15) is 5.11 Å². The van der Waals surface area contributed by atoms with Crippen molar-refractivity contribution in [1.29, 1.82) is 0 Å². The first-order chi connectivity index (χ1) is 9.00. The molecule has 0 heterocycles. The van der Waals surface area contributed by atoms with Gasteiger partial charge in [0.05, 0.1) is 0 Å². The molecule has 1 N–H and O–H groups in total. The molecule has 102 valence electrons. The van der Waals surface area contributed by atoms with Crippen LogP contribution in [0.3, 0.4) is 0 Å². The summed E-state index contributed by atoms with van der Waals surface area (Å²) in [6.07, 6.45) is 0. The van der Waals surface area contributed by atoms with Crippen LogP contribution in [0.15, 0.2) is 42.5 Å². The van der Waals surface area contributed by atoms with Crippen molar-refractivity contribution in [2.24, 2.45) is 0 Å². The van der Waals surface area contributed by atoms with Gasteiger partial charge >= 0.3 is 29.6 Å². The number of aromatic hydroxyl groups is 1. The van der Waals surface area contributed by atoms with E-state index in [-0.39, 0.29) is 31.0 Å². The van der Waals surface area contributed by atoms with Crippen molar-refractivity contribution < 1.29 is 36.1 Å². The largest absolute Gasteiger partial charge is 1.00 e. The van der Waals surface area contributed by atoms with E-state index < -0.39 is 0 Å². The van der Waals surface area contributed by atoms with E-state index in [0.29, 0.717) is 17.6 Å². The zero-order valence-electron chi connectivity index (χ0n) is 14.1. The molecule has 0 radical (unpaired) electrons. The summed E-state index contributed by atoms with van der Waals surface area (Å²) in [5.74, 6) is 1.29. The first-order valence-corrected chi connectivity index (χ1v) is 6.93. The average molecular weight is 278 g/mol. The van der Waals surface area contributed by atoms with Crippen molar-refractivity contribution in [2.45, 2.75) is 39.5 Å². The number of phenolic OH excluding ortho intramolecular Hbond substituents is 1. The summed E-state index contributed by atoms with van der Waals surface area (Å²) in [5, 5.41) is 9.46. The van der Waals surface area contributed by atoms with Crippen LogP contribution in [0.4, 0.5) is 0 Å². The topological polar surface area (TPSA) is 20.2 Å². The van der Waals surface area contributed by atoms with Gasteiger partial charge in [0, 0.05) is 0 Å². The molecule has 0 spiro atoms. The summed E-state index contributed by atoms with van der Waals surface area (Å²) in [6, 6.07) is 14.1. The molecule has 0 aliphatic rings. The molecule has 2 aromatic carbocycles. The molecular formula is C18H23NaO. The van der Waals surface area contributed by atoms with Crippen molar-refractivity contribution in [3.05, 3.63) is 53.6 Å². The molecule has 20 heavy (non-hydrogen) atoms. The molecule has 0 fully saturated rings. The van der Waals surface area contributed by atoms with Crippen molar-refractivity contribution in [2.75, 3.05) is 0 Å². The van der Waals surface area contributed by atoms with Gasteiger partial charge in [0.15, 0.2) is 0 Å². The first-order valence-electron chi connectivity index (χ1n) is 6.93. The summed E-state index contributed by atoms with van der Waals surface area (Å²) in [6.45, 7) is 8.90. The van der Waals surface area contributed by atoms with Crippen molar-refractivity contribution >= 4 is 0 Å². The Bertz CT molecular complexity index is 536. The molecule has 2 heteroatoms. The monoisotopic (exact) mass is 278 g/mol. The Morgan fingerprint density at radius 2 is 1.25 bits per heavy atom. The number of hydrogen-bond donors (Lipinski definition) is 1. The summed E-state index contributed by atoms with van der Waals surface area (Å²) >= 11 is 0. The van der Waals surface area contributed by atoms with E-state index in [1.807, 2.05) is 12.1 Å². The number of hydrogen-bond acceptors (Lipinski definition) is 1. The van der Waals surface area contributed by atoms with Gasteiger partial charge in [0.2, 0.25) is 0 Å². The molecule has 2 rings (SSSR count). The van der Waals surface area contributed by atoms with Crippen LogP contribution < -0.4 is 29.6 Å². The van der Waals surface area contributed by atoms with Gasteiger partial charge in [-0.2, -0.15) is 0 Å². The number of phenols is 1. The smallest absolute Gasteiger partial charge is 1.00 e. The summed E-state index contributed by atoms with van der Waals surface area (Å²) in [5.41, 5.74) is 5.26. The quantitative estimate of drug-likeness (QED) is 0.855. The van der Waals surface area contributed by atoms with Gasteiger partial charge in [-0.1, -0.05) is 58.0 Å². The van der Waals surface area contributed by atoms with E-state index in [0.717, 1.165) is 0 Å². The molecule has 0 bridgehead atoms. The normalized spacial score (nSPS) is 10.7. The van der Waals surface area contributed by atoms with Gasteiger partial charge in [-0.3, -0.25) is 0 Å². The molecule has 0 aromatic heterocycles. The molecule has 1 nitrogen and oxygen atoms in total. The predicted molar refractivity (Wildman–Crippen MR) is 82.8 cm³/mol. The second-order valence-corrected chi connectivity index (χ2v) is 5.67. The third-order valence-electron chi connectivity index (χ3n) is 3.53. The van der Waals surface area contributed by atoms with Gasteiger partial charge in [-0.05, 0) is 46.2 Å². The Hall–Kier alpha value is -0.760. The van der Waals surface area contributed by atoms with Gasteiger partial charge in [-0.25, -0.2) is 0 Å². The van der Waals surface area contributed by atoms with Crippen LogP contribution in [0.5, 0.6) is 5.75 Å².